The number of anilines is 1. The van der Waals surface area contributed by atoms with E-state index in [2.05, 4.69) is 30.3 Å². The molecule has 0 radical (unpaired) electrons. The van der Waals surface area contributed by atoms with Gasteiger partial charge in [-0.15, -0.1) is 0 Å². The van der Waals surface area contributed by atoms with E-state index in [1.807, 2.05) is 0 Å². The van der Waals surface area contributed by atoms with Crippen molar-refractivity contribution < 1.29 is 26.5 Å². The van der Waals surface area contributed by atoms with Gasteiger partial charge in [0.1, 0.15) is 29.5 Å². The molecule has 3 aromatic heterocycles. The first-order valence-corrected chi connectivity index (χ1v) is 13.7. The molecule has 1 atom stereocenters. The van der Waals surface area contributed by atoms with Crippen molar-refractivity contribution in [3.8, 4) is 22.9 Å². The number of nitrogens with zero attached hydrogens (tertiary/aromatic N) is 5. The standard InChI is InChI=1S/C25H25F2N7O4S/c1-14(2)22(25(35)33-39(36,37)16-7-8-16)29-23-18(27)12-28-24(30-23)20-11-21(19-9-10-38-32-19)34(31-20)13-15-5-3-4-6-17(15)26/h3-6,9-12,14,16,22H,7-8,13H2,1-2H3,(H,33,35)(H,28,29,30). The van der Waals surface area contributed by atoms with Crippen LogP contribution in [0.1, 0.15) is 32.3 Å². The number of hydrogen-bond acceptors (Lipinski definition) is 9. The lowest BCUT2D eigenvalue weighted by Gasteiger charge is -2.22. The highest BCUT2D eigenvalue weighted by atomic mass is 32.2. The van der Waals surface area contributed by atoms with Crippen LogP contribution in [0.5, 0.6) is 0 Å². The smallest absolute Gasteiger partial charge is 0.256 e. The van der Waals surface area contributed by atoms with Crippen molar-refractivity contribution in [1.82, 2.24) is 29.6 Å². The fourth-order valence-corrected chi connectivity index (χ4v) is 5.26. The second kappa shape index (κ2) is 10.5. The average Bonchev–Trinajstić information content (AvgIpc) is 3.47. The Labute approximate surface area is 222 Å². The molecule has 1 amide bonds. The Morgan fingerprint density at radius 3 is 2.59 bits per heavy atom. The molecule has 0 spiro atoms. The first-order valence-electron chi connectivity index (χ1n) is 12.2. The summed E-state index contributed by atoms with van der Waals surface area (Å²) in [6.07, 6.45) is 3.29. The van der Waals surface area contributed by atoms with Crippen molar-refractivity contribution >= 4 is 21.7 Å². The number of aromatic nitrogens is 5. The number of carbonyl (C=O) groups is 1. The third-order valence-electron chi connectivity index (χ3n) is 6.18. The highest BCUT2D eigenvalue weighted by molar-refractivity contribution is 7.90. The van der Waals surface area contributed by atoms with Gasteiger partial charge in [0.05, 0.1) is 23.7 Å². The van der Waals surface area contributed by atoms with Crippen LogP contribution >= 0.6 is 0 Å². The van der Waals surface area contributed by atoms with Gasteiger partial charge >= 0.3 is 0 Å². The Balaban J connectivity index is 1.45. The van der Waals surface area contributed by atoms with Crippen LogP contribution in [0.25, 0.3) is 22.9 Å². The molecule has 1 saturated carbocycles. The Morgan fingerprint density at radius 2 is 1.92 bits per heavy atom. The molecule has 39 heavy (non-hydrogen) atoms. The van der Waals surface area contributed by atoms with Crippen molar-refractivity contribution in [2.24, 2.45) is 5.92 Å². The number of carbonyl (C=O) groups excluding carboxylic acids is 1. The van der Waals surface area contributed by atoms with Gasteiger partial charge < -0.3 is 9.84 Å². The van der Waals surface area contributed by atoms with E-state index in [1.165, 1.54) is 17.0 Å². The summed E-state index contributed by atoms with van der Waals surface area (Å²) in [7, 11) is -3.79. The number of hydrogen-bond donors (Lipinski definition) is 2. The molecule has 3 heterocycles. The number of amides is 1. The molecule has 204 valence electrons. The SMILES string of the molecule is CC(C)C(Nc1nc(-c2cc(-c3ccon3)n(Cc3ccccc3F)n2)ncc1F)C(=O)NS(=O)(=O)C1CC1. The van der Waals surface area contributed by atoms with Crippen LogP contribution in [-0.2, 0) is 21.4 Å². The molecular formula is C25H25F2N7O4S. The Kier molecular flexibility index (Phi) is 7.12. The van der Waals surface area contributed by atoms with Crippen molar-refractivity contribution in [3.63, 3.8) is 0 Å². The van der Waals surface area contributed by atoms with Gasteiger partial charge in [-0.25, -0.2) is 27.2 Å². The van der Waals surface area contributed by atoms with E-state index in [0.29, 0.717) is 29.8 Å². The maximum absolute atomic E-state index is 14.8. The summed E-state index contributed by atoms with van der Waals surface area (Å²) in [6.45, 7) is 3.44. The Morgan fingerprint density at radius 1 is 1.15 bits per heavy atom. The van der Waals surface area contributed by atoms with Gasteiger partial charge in [0.25, 0.3) is 5.91 Å². The lowest BCUT2D eigenvalue weighted by Crippen LogP contribution is -2.46. The highest BCUT2D eigenvalue weighted by Gasteiger charge is 2.38. The van der Waals surface area contributed by atoms with Crippen LogP contribution in [0.2, 0.25) is 0 Å². The van der Waals surface area contributed by atoms with Gasteiger partial charge in [0, 0.05) is 11.6 Å². The van der Waals surface area contributed by atoms with E-state index in [4.69, 9.17) is 4.52 Å². The predicted octanol–water partition coefficient (Wildman–Crippen LogP) is 3.37. The molecule has 11 nitrogen and oxygen atoms in total. The average molecular weight is 558 g/mol. The van der Waals surface area contributed by atoms with E-state index in [9.17, 15) is 22.0 Å². The number of halogens is 2. The zero-order chi connectivity index (χ0) is 27.7. The van der Waals surface area contributed by atoms with Gasteiger partial charge in [0.2, 0.25) is 10.0 Å². The Hall–Kier alpha value is -4.20. The summed E-state index contributed by atoms with van der Waals surface area (Å²) >= 11 is 0. The summed E-state index contributed by atoms with van der Waals surface area (Å²) in [6, 6.07) is 8.37. The van der Waals surface area contributed by atoms with E-state index < -0.39 is 44.8 Å². The molecule has 1 aliphatic carbocycles. The maximum Gasteiger partial charge on any atom is 0.256 e. The third kappa shape index (κ3) is 5.79. The van der Waals surface area contributed by atoms with Crippen LogP contribution in [0.4, 0.5) is 14.6 Å². The second-order valence-electron chi connectivity index (χ2n) is 9.52. The van der Waals surface area contributed by atoms with Gasteiger partial charge in [0.15, 0.2) is 17.5 Å². The first kappa shape index (κ1) is 26.4. The normalized spacial score (nSPS) is 14.4. The largest absolute Gasteiger partial charge is 0.364 e. The number of benzene rings is 1. The first-order chi connectivity index (χ1) is 18.6. The van der Waals surface area contributed by atoms with Crippen LogP contribution in [0.15, 0.2) is 53.4 Å². The number of nitrogens with one attached hydrogen (secondary N) is 2. The lowest BCUT2D eigenvalue weighted by molar-refractivity contribution is -0.120. The third-order valence-corrected chi connectivity index (χ3v) is 8.01. The Bertz CT molecular complexity index is 1600. The molecule has 1 aromatic carbocycles. The van der Waals surface area contributed by atoms with Crippen LogP contribution < -0.4 is 10.0 Å². The molecule has 0 bridgehead atoms. The molecule has 1 aliphatic rings. The van der Waals surface area contributed by atoms with Crippen LogP contribution in [0.3, 0.4) is 0 Å². The highest BCUT2D eigenvalue weighted by Crippen LogP contribution is 2.28. The summed E-state index contributed by atoms with van der Waals surface area (Å²) in [5.74, 6) is -2.75. The van der Waals surface area contributed by atoms with Gasteiger partial charge in [-0.2, -0.15) is 5.10 Å². The van der Waals surface area contributed by atoms with Gasteiger partial charge in [-0.1, -0.05) is 37.2 Å². The molecule has 14 heteroatoms. The number of sulfonamides is 1. The van der Waals surface area contributed by atoms with Crippen molar-refractivity contribution in [1.29, 1.82) is 0 Å². The topological polar surface area (TPSA) is 145 Å². The van der Waals surface area contributed by atoms with E-state index >= 15 is 0 Å². The summed E-state index contributed by atoms with van der Waals surface area (Å²) in [4.78, 5) is 21.1. The molecule has 2 N–H and O–H groups in total. The molecule has 0 saturated heterocycles. The lowest BCUT2D eigenvalue weighted by atomic mass is 10.0. The van der Waals surface area contributed by atoms with Crippen LogP contribution in [0, 0.1) is 17.6 Å². The molecule has 4 aromatic rings. The molecular weight excluding hydrogens is 532 g/mol. The van der Waals surface area contributed by atoms with Crippen molar-refractivity contribution in [3.05, 3.63) is 66.1 Å². The summed E-state index contributed by atoms with van der Waals surface area (Å²) in [5, 5.41) is 10.6. The predicted molar refractivity (Wildman–Crippen MR) is 137 cm³/mol. The van der Waals surface area contributed by atoms with Crippen molar-refractivity contribution in [2.45, 2.75) is 44.5 Å². The minimum atomic E-state index is -3.79. The second-order valence-corrected chi connectivity index (χ2v) is 11.5. The summed E-state index contributed by atoms with van der Waals surface area (Å²) < 4.78 is 62.2. The maximum atomic E-state index is 14.8. The fraction of sp³-hybridized carbons (Fsp3) is 0.320. The molecule has 0 aliphatic heterocycles. The molecule has 1 unspecified atom stereocenters. The monoisotopic (exact) mass is 557 g/mol. The fourth-order valence-electron chi connectivity index (χ4n) is 3.92. The van der Waals surface area contributed by atoms with E-state index in [1.54, 1.807) is 44.2 Å². The zero-order valence-electron chi connectivity index (χ0n) is 21.0. The minimum Gasteiger partial charge on any atom is -0.364 e. The number of rotatable bonds is 10. The quantitative estimate of drug-likeness (QED) is 0.300. The van der Waals surface area contributed by atoms with Crippen LogP contribution in [-0.4, -0.2) is 50.5 Å². The minimum absolute atomic E-state index is 0.0180. The van der Waals surface area contributed by atoms with E-state index in [0.717, 1.165) is 6.20 Å². The van der Waals surface area contributed by atoms with Gasteiger partial charge in [-0.05, 0) is 30.9 Å². The van der Waals surface area contributed by atoms with Crippen molar-refractivity contribution in [2.75, 3.05) is 5.32 Å². The molecule has 1 fully saturated rings. The summed E-state index contributed by atoms with van der Waals surface area (Å²) in [5.41, 5.74) is 1.52. The zero-order valence-corrected chi connectivity index (χ0v) is 21.8. The molecule has 5 rings (SSSR count). The van der Waals surface area contributed by atoms with Gasteiger partial charge in [-0.3, -0.25) is 14.2 Å². The van der Waals surface area contributed by atoms with E-state index in [-0.39, 0.29) is 23.9 Å².